The molecule has 5 nitrogen and oxygen atoms in total. The Morgan fingerprint density at radius 2 is 2.20 bits per heavy atom. The molecule has 0 saturated heterocycles. The summed E-state index contributed by atoms with van der Waals surface area (Å²) in [7, 11) is 0. The molecule has 1 aromatic heterocycles. The van der Waals surface area contributed by atoms with Crippen molar-refractivity contribution in [3.05, 3.63) is 34.0 Å². The van der Waals surface area contributed by atoms with Crippen molar-refractivity contribution in [3.8, 4) is 17.1 Å². The van der Waals surface area contributed by atoms with Gasteiger partial charge in [0, 0.05) is 22.4 Å². The van der Waals surface area contributed by atoms with Crippen LogP contribution in [0, 0.1) is 3.57 Å². The molecule has 0 aliphatic carbocycles. The van der Waals surface area contributed by atoms with E-state index in [9.17, 15) is 5.11 Å². The van der Waals surface area contributed by atoms with Crippen molar-refractivity contribution in [2.45, 2.75) is 19.4 Å². The van der Waals surface area contributed by atoms with Crippen molar-refractivity contribution >= 4 is 28.4 Å². The normalized spacial score (nSPS) is 12.2. The lowest BCUT2D eigenvalue weighted by Crippen LogP contribution is -2.28. The predicted molar refractivity (Wildman–Crippen MR) is 88.6 cm³/mol. The number of nitrogens with zero attached hydrogens (tertiary/aromatic N) is 2. The monoisotopic (exact) mass is 384 g/mol. The van der Waals surface area contributed by atoms with E-state index in [0.29, 0.717) is 23.8 Å². The summed E-state index contributed by atoms with van der Waals surface area (Å²) < 4.78 is 1.02. The third kappa shape index (κ3) is 3.80. The van der Waals surface area contributed by atoms with E-state index in [1.807, 2.05) is 19.1 Å². The molecular weight excluding hydrogens is 367 g/mol. The third-order valence-electron chi connectivity index (χ3n) is 2.92. The van der Waals surface area contributed by atoms with Crippen LogP contribution >= 0.6 is 22.6 Å². The first kappa shape index (κ1) is 15.0. The first-order chi connectivity index (χ1) is 9.60. The van der Waals surface area contributed by atoms with Crippen LogP contribution in [0.2, 0.25) is 0 Å². The second-order valence-corrected chi connectivity index (χ2v) is 5.72. The smallest absolute Gasteiger partial charge is 0.165 e. The average molecular weight is 384 g/mol. The zero-order valence-corrected chi connectivity index (χ0v) is 13.3. The topological polar surface area (TPSA) is 84.1 Å². The number of aromatic nitrogens is 2. The molecule has 1 heterocycles. The maximum atomic E-state index is 9.91. The molecule has 2 aromatic rings. The first-order valence-corrected chi connectivity index (χ1v) is 7.49. The minimum absolute atomic E-state index is 0.0968. The Kier molecular flexibility index (Phi) is 5.13. The molecule has 0 aliphatic rings. The van der Waals surface area contributed by atoms with Crippen LogP contribution in [0.1, 0.15) is 13.3 Å². The van der Waals surface area contributed by atoms with Gasteiger partial charge in [0.05, 0.1) is 5.56 Å². The van der Waals surface area contributed by atoms with E-state index in [1.165, 1.54) is 0 Å². The number of hydrogen-bond donors (Lipinski definition) is 3. The van der Waals surface area contributed by atoms with Gasteiger partial charge in [0.1, 0.15) is 11.6 Å². The van der Waals surface area contributed by atoms with E-state index in [2.05, 4.69) is 37.9 Å². The van der Waals surface area contributed by atoms with Gasteiger partial charge in [0.2, 0.25) is 0 Å². The molecule has 0 spiro atoms. The van der Waals surface area contributed by atoms with Crippen molar-refractivity contribution < 1.29 is 5.11 Å². The standard InChI is InChI=1S/C14H17IN4O/c1-2-10(16)8-18-13-5-6-17-14(19-13)11-7-9(15)3-4-12(11)20/h3-7,10,20H,2,8,16H2,1H3,(H,17,18,19)/t10-/m1/s1. The van der Waals surface area contributed by atoms with Gasteiger partial charge in [0.25, 0.3) is 0 Å². The van der Waals surface area contributed by atoms with Crippen molar-refractivity contribution in [2.75, 3.05) is 11.9 Å². The van der Waals surface area contributed by atoms with Crippen molar-refractivity contribution in [1.82, 2.24) is 9.97 Å². The number of nitrogens with one attached hydrogen (secondary N) is 1. The summed E-state index contributed by atoms with van der Waals surface area (Å²) in [5.74, 6) is 1.38. The largest absolute Gasteiger partial charge is 0.507 e. The van der Waals surface area contributed by atoms with Gasteiger partial charge in [-0.15, -0.1) is 0 Å². The Morgan fingerprint density at radius 1 is 1.40 bits per heavy atom. The molecule has 4 N–H and O–H groups in total. The number of phenolic OH excluding ortho intramolecular Hbond substituents is 1. The minimum atomic E-state index is 0.0968. The maximum absolute atomic E-state index is 9.91. The number of rotatable bonds is 5. The lowest BCUT2D eigenvalue weighted by atomic mass is 10.2. The molecule has 1 aromatic carbocycles. The van der Waals surface area contributed by atoms with Crippen molar-refractivity contribution in [1.29, 1.82) is 0 Å². The van der Waals surface area contributed by atoms with Crippen LogP contribution in [0.3, 0.4) is 0 Å². The Labute approximate surface area is 131 Å². The summed E-state index contributed by atoms with van der Waals surface area (Å²) in [5.41, 5.74) is 6.49. The van der Waals surface area contributed by atoms with Crippen LogP contribution in [0.5, 0.6) is 5.75 Å². The highest BCUT2D eigenvalue weighted by Gasteiger charge is 2.09. The highest BCUT2D eigenvalue weighted by molar-refractivity contribution is 14.1. The van der Waals surface area contributed by atoms with E-state index < -0.39 is 0 Å². The zero-order valence-electron chi connectivity index (χ0n) is 11.2. The van der Waals surface area contributed by atoms with Gasteiger partial charge in [-0.1, -0.05) is 6.92 Å². The number of hydrogen-bond acceptors (Lipinski definition) is 5. The first-order valence-electron chi connectivity index (χ1n) is 6.41. The number of phenols is 1. The Morgan fingerprint density at radius 3 is 2.95 bits per heavy atom. The highest BCUT2D eigenvalue weighted by atomic mass is 127. The SMILES string of the molecule is CC[C@@H](N)CNc1ccnc(-c2cc(I)ccc2O)n1. The third-order valence-corrected chi connectivity index (χ3v) is 3.60. The van der Waals surface area contributed by atoms with Crippen molar-refractivity contribution in [3.63, 3.8) is 0 Å². The number of halogens is 1. The molecular formula is C14H17IN4O. The van der Waals surface area contributed by atoms with Gasteiger partial charge in [-0.25, -0.2) is 9.97 Å². The predicted octanol–water partition coefficient (Wildman–Crippen LogP) is 2.60. The number of aromatic hydroxyl groups is 1. The van der Waals surface area contributed by atoms with Crippen LogP contribution in [0.15, 0.2) is 30.5 Å². The molecule has 2 rings (SSSR count). The van der Waals surface area contributed by atoms with Gasteiger partial charge in [0.15, 0.2) is 5.82 Å². The fraction of sp³-hybridized carbons (Fsp3) is 0.286. The molecule has 0 bridgehead atoms. The van der Waals surface area contributed by atoms with E-state index in [0.717, 1.165) is 9.99 Å². The van der Waals surface area contributed by atoms with Crippen molar-refractivity contribution in [2.24, 2.45) is 5.73 Å². The van der Waals surface area contributed by atoms with Crippen LogP contribution in [0.25, 0.3) is 11.4 Å². The van der Waals surface area contributed by atoms with Gasteiger partial charge >= 0.3 is 0 Å². The summed E-state index contributed by atoms with van der Waals surface area (Å²) in [4.78, 5) is 8.62. The Hall–Kier alpha value is -1.41. The summed E-state index contributed by atoms with van der Waals surface area (Å²) in [6.07, 6.45) is 2.57. The van der Waals surface area contributed by atoms with E-state index in [4.69, 9.17) is 5.73 Å². The fourth-order valence-electron chi connectivity index (χ4n) is 1.65. The molecule has 0 saturated carbocycles. The maximum Gasteiger partial charge on any atom is 0.165 e. The molecule has 0 fully saturated rings. The van der Waals surface area contributed by atoms with Crippen LogP contribution in [0.4, 0.5) is 5.82 Å². The molecule has 106 valence electrons. The van der Waals surface area contributed by atoms with E-state index in [-0.39, 0.29) is 11.8 Å². The number of benzene rings is 1. The Bertz CT molecular complexity index is 591. The number of nitrogens with two attached hydrogens (primary N) is 1. The van der Waals surface area contributed by atoms with Crippen LogP contribution in [-0.4, -0.2) is 27.7 Å². The molecule has 6 heteroatoms. The summed E-state index contributed by atoms with van der Waals surface area (Å²) >= 11 is 2.19. The molecule has 20 heavy (non-hydrogen) atoms. The second-order valence-electron chi connectivity index (χ2n) is 4.48. The molecule has 0 aliphatic heterocycles. The Balaban J connectivity index is 2.23. The molecule has 0 unspecified atom stereocenters. The summed E-state index contributed by atoms with van der Waals surface area (Å²) in [5, 5.41) is 13.1. The van der Waals surface area contributed by atoms with E-state index in [1.54, 1.807) is 18.3 Å². The molecule has 1 atom stereocenters. The van der Waals surface area contributed by atoms with Gasteiger partial charge in [-0.05, 0) is 53.3 Å². The number of anilines is 1. The molecule has 0 amide bonds. The quantitative estimate of drug-likeness (QED) is 0.691. The lowest BCUT2D eigenvalue weighted by molar-refractivity contribution is 0.477. The van der Waals surface area contributed by atoms with Gasteiger partial charge < -0.3 is 16.2 Å². The second kappa shape index (κ2) is 6.85. The van der Waals surface area contributed by atoms with E-state index >= 15 is 0 Å². The average Bonchev–Trinajstić information content (AvgIpc) is 2.47. The highest BCUT2D eigenvalue weighted by Crippen LogP contribution is 2.28. The van der Waals surface area contributed by atoms with Crippen LogP contribution in [-0.2, 0) is 0 Å². The van der Waals surface area contributed by atoms with Gasteiger partial charge in [-0.3, -0.25) is 0 Å². The fourth-order valence-corrected chi connectivity index (χ4v) is 2.15. The molecule has 0 radical (unpaired) electrons. The summed E-state index contributed by atoms with van der Waals surface area (Å²) in [6.45, 7) is 2.70. The van der Waals surface area contributed by atoms with Gasteiger partial charge in [-0.2, -0.15) is 0 Å². The minimum Gasteiger partial charge on any atom is -0.507 e. The zero-order chi connectivity index (χ0) is 14.5. The lowest BCUT2D eigenvalue weighted by Gasteiger charge is -2.11. The summed E-state index contributed by atoms with van der Waals surface area (Å²) in [6, 6.07) is 7.22. The van der Waals surface area contributed by atoms with Crippen LogP contribution < -0.4 is 11.1 Å².